The minimum absolute atomic E-state index is 0.187. The number of ether oxygens (including phenoxy) is 1. The van der Waals surface area contributed by atoms with Gasteiger partial charge in [-0.2, -0.15) is 0 Å². The molecule has 1 aromatic heterocycles. The van der Waals surface area contributed by atoms with Crippen LogP contribution in [0.3, 0.4) is 0 Å². The quantitative estimate of drug-likeness (QED) is 0.850. The van der Waals surface area contributed by atoms with Gasteiger partial charge >= 0.3 is 0 Å². The molecule has 0 aliphatic carbocycles. The summed E-state index contributed by atoms with van der Waals surface area (Å²) in [6.45, 7) is 0.553. The molecule has 0 bridgehead atoms. The summed E-state index contributed by atoms with van der Waals surface area (Å²) in [6.07, 6.45) is 3.02. The maximum absolute atomic E-state index is 12.7. The van der Waals surface area contributed by atoms with E-state index in [1.807, 2.05) is 0 Å². The molecule has 1 aliphatic rings. The Labute approximate surface area is 154 Å². The van der Waals surface area contributed by atoms with Crippen molar-refractivity contribution in [1.29, 1.82) is 0 Å². The van der Waals surface area contributed by atoms with Crippen LogP contribution in [0.5, 0.6) is 5.75 Å². The summed E-state index contributed by atoms with van der Waals surface area (Å²) in [5, 5.41) is 2.86. The summed E-state index contributed by atoms with van der Waals surface area (Å²) < 4.78 is 5.91. The van der Waals surface area contributed by atoms with Crippen LogP contribution in [0.1, 0.15) is 23.3 Å². The Balaban J connectivity index is 1.70. The summed E-state index contributed by atoms with van der Waals surface area (Å²) in [5.41, 5.74) is 1.01. The number of aromatic nitrogens is 1. The van der Waals surface area contributed by atoms with Gasteiger partial charge in [-0.05, 0) is 65.2 Å². The van der Waals surface area contributed by atoms with Gasteiger partial charge in [0.1, 0.15) is 17.5 Å². The molecule has 1 atom stereocenters. The molecule has 2 amide bonds. The van der Waals surface area contributed by atoms with E-state index in [9.17, 15) is 9.59 Å². The van der Waals surface area contributed by atoms with E-state index in [1.54, 1.807) is 54.6 Å². The predicted molar refractivity (Wildman–Crippen MR) is 97.6 cm³/mol. The Kier molecular flexibility index (Phi) is 5.33. The first-order valence-corrected chi connectivity index (χ1v) is 8.75. The van der Waals surface area contributed by atoms with Crippen LogP contribution in [0, 0.1) is 0 Å². The van der Waals surface area contributed by atoms with Crippen LogP contribution in [0.15, 0.2) is 47.1 Å². The molecule has 1 unspecified atom stereocenters. The number of benzene rings is 1. The molecule has 7 heteroatoms. The molecule has 0 spiro atoms. The predicted octanol–water partition coefficient (Wildman–Crippen LogP) is 3.10. The first kappa shape index (κ1) is 17.4. The van der Waals surface area contributed by atoms with Crippen molar-refractivity contribution in [3.63, 3.8) is 0 Å². The lowest BCUT2D eigenvalue weighted by Gasteiger charge is -2.23. The minimum Gasteiger partial charge on any atom is -0.497 e. The number of nitrogens with one attached hydrogen (secondary N) is 1. The number of methoxy groups -OCH3 is 1. The Morgan fingerprint density at radius 1 is 1.24 bits per heavy atom. The van der Waals surface area contributed by atoms with Gasteiger partial charge in [0.05, 0.1) is 7.11 Å². The number of likely N-dealkylation sites (tertiary alicyclic amines) is 1. The van der Waals surface area contributed by atoms with Crippen molar-refractivity contribution < 1.29 is 14.3 Å². The van der Waals surface area contributed by atoms with E-state index in [1.165, 1.54) is 0 Å². The van der Waals surface area contributed by atoms with Crippen molar-refractivity contribution in [1.82, 2.24) is 9.88 Å². The van der Waals surface area contributed by atoms with E-state index in [-0.39, 0.29) is 11.8 Å². The van der Waals surface area contributed by atoms with Gasteiger partial charge < -0.3 is 15.0 Å². The number of hydrogen-bond donors (Lipinski definition) is 1. The Bertz CT molecular complexity index is 762. The average Bonchev–Trinajstić information content (AvgIpc) is 3.12. The highest BCUT2D eigenvalue weighted by Crippen LogP contribution is 2.22. The maximum Gasteiger partial charge on any atom is 0.273 e. The van der Waals surface area contributed by atoms with Gasteiger partial charge in [0.2, 0.25) is 5.91 Å². The molecule has 1 fully saturated rings. The van der Waals surface area contributed by atoms with Crippen molar-refractivity contribution in [3.05, 3.63) is 52.8 Å². The molecule has 2 heterocycles. The molecule has 1 saturated heterocycles. The van der Waals surface area contributed by atoms with Gasteiger partial charge in [0, 0.05) is 22.9 Å². The Hall–Kier alpha value is -2.41. The van der Waals surface area contributed by atoms with E-state index in [0.29, 0.717) is 24.3 Å². The molecule has 130 valence electrons. The standard InChI is InChI=1S/C18H18BrN3O3/c1-25-14-7-5-13(6-8-14)21-17(23)16-3-2-10-22(16)18(24)15-9-4-12(19)11-20-15/h4-9,11,16H,2-3,10H2,1H3,(H,21,23). The second-order valence-electron chi connectivity index (χ2n) is 5.74. The highest BCUT2D eigenvalue weighted by atomic mass is 79.9. The number of carbonyl (C=O) groups excluding carboxylic acids is 2. The van der Waals surface area contributed by atoms with Crippen molar-refractivity contribution >= 4 is 33.4 Å². The van der Waals surface area contributed by atoms with Crippen LogP contribution in [0.4, 0.5) is 5.69 Å². The number of anilines is 1. The summed E-state index contributed by atoms with van der Waals surface area (Å²) in [6, 6.07) is 10.0. The number of carbonyl (C=O) groups is 2. The lowest BCUT2D eigenvalue weighted by atomic mass is 10.2. The van der Waals surface area contributed by atoms with Crippen molar-refractivity contribution in [2.24, 2.45) is 0 Å². The van der Waals surface area contributed by atoms with Crippen LogP contribution in [0.2, 0.25) is 0 Å². The third kappa shape index (κ3) is 3.99. The van der Waals surface area contributed by atoms with Crippen molar-refractivity contribution in [2.75, 3.05) is 19.0 Å². The van der Waals surface area contributed by atoms with Gasteiger partial charge in [-0.15, -0.1) is 0 Å². The van der Waals surface area contributed by atoms with Crippen LogP contribution < -0.4 is 10.1 Å². The fourth-order valence-corrected chi connectivity index (χ4v) is 3.07. The monoisotopic (exact) mass is 403 g/mol. The second-order valence-corrected chi connectivity index (χ2v) is 6.65. The zero-order valence-corrected chi connectivity index (χ0v) is 15.3. The first-order valence-electron chi connectivity index (χ1n) is 7.96. The third-order valence-corrected chi connectivity index (χ3v) is 4.59. The summed E-state index contributed by atoms with van der Waals surface area (Å²) in [7, 11) is 1.59. The average molecular weight is 404 g/mol. The van der Waals surface area contributed by atoms with Crippen LogP contribution >= 0.6 is 15.9 Å². The number of pyridine rings is 1. The fourth-order valence-electron chi connectivity index (χ4n) is 2.83. The Morgan fingerprint density at radius 3 is 2.64 bits per heavy atom. The molecule has 0 radical (unpaired) electrons. The van der Waals surface area contributed by atoms with Crippen LogP contribution in [-0.2, 0) is 4.79 Å². The van der Waals surface area contributed by atoms with Gasteiger partial charge in [-0.1, -0.05) is 0 Å². The maximum atomic E-state index is 12.7. The minimum atomic E-state index is -0.486. The molecule has 0 saturated carbocycles. The summed E-state index contributed by atoms with van der Waals surface area (Å²) in [5.74, 6) is 0.310. The SMILES string of the molecule is COc1ccc(NC(=O)C2CCCN2C(=O)c2ccc(Br)cn2)cc1. The third-order valence-electron chi connectivity index (χ3n) is 4.12. The highest BCUT2D eigenvalue weighted by molar-refractivity contribution is 9.10. The molecular weight excluding hydrogens is 386 g/mol. The summed E-state index contributed by atoms with van der Waals surface area (Å²) in [4.78, 5) is 31.0. The number of hydrogen-bond acceptors (Lipinski definition) is 4. The van der Waals surface area contributed by atoms with Gasteiger partial charge in [-0.25, -0.2) is 4.98 Å². The van der Waals surface area contributed by atoms with Gasteiger partial charge in [-0.3, -0.25) is 9.59 Å². The topological polar surface area (TPSA) is 71.5 Å². The molecule has 3 rings (SSSR count). The molecule has 6 nitrogen and oxygen atoms in total. The van der Waals surface area contributed by atoms with E-state index < -0.39 is 6.04 Å². The zero-order valence-electron chi connectivity index (χ0n) is 13.7. The van der Waals surface area contributed by atoms with E-state index >= 15 is 0 Å². The number of amides is 2. The normalized spacial score (nSPS) is 16.6. The zero-order chi connectivity index (χ0) is 17.8. The number of rotatable bonds is 4. The molecule has 2 aromatic rings. The highest BCUT2D eigenvalue weighted by Gasteiger charge is 2.35. The van der Waals surface area contributed by atoms with E-state index in [0.717, 1.165) is 16.6 Å². The molecular formula is C18H18BrN3O3. The first-order chi connectivity index (χ1) is 12.1. The lowest BCUT2D eigenvalue weighted by Crippen LogP contribution is -2.43. The van der Waals surface area contributed by atoms with Gasteiger partial charge in [0.15, 0.2) is 0 Å². The number of halogens is 1. The fraction of sp³-hybridized carbons (Fsp3) is 0.278. The summed E-state index contributed by atoms with van der Waals surface area (Å²) >= 11 is 3.30. The van der Waals surface area contributed by atoms with Crippen LogP contribution in [-0.4, -0.2) is 41.4 Å². The lowest BCUT2D eigenvalue weighted by molar-refractivity contribution is -0.119. The van der Waals surface area contributed by atoms with Crippen molar-refractivity contribution in [2.45, 2.75) is 18.9 Å². The van der Waals surface area contributed by atoms with Crippen molar-refractivity contribution in [3.8, 4) is 5.75 Å². The second kappa shape index (κ2) is 7.65. The molecule has 1 N–H and O–H groups in total. The molecule has 1 aromatic carbocycles. The smallest absolute Gasteiger partial charge is 0.273 e. The van der Waals surface area contributed by atoms with E-state index in [4.69, 9.17) is 4.74 Å². The Morgan fingerprint density at radius 2 is 2.00 bits per heavy atom. The number of nitrogens with zero attached hydrogens (tertiary/aromatic N) is 2. The molecule has 1 aliphatic heterocycles. The van der Waals surface area contributed by atoms with Gasteiger partial charge in [0.25, 0.3) is 5.91 Å². The molecule has 25 heavy (non-hydrogen) atoms. The largest absolute Gasteiger partial charge is 0.497 e. The van der Waals surface area contributed by atoms with E-state index in [2.05, 4.69) is 26.2 Å². The van der Waals surface area contributed by atoms with Crippen LogP contribution in [0.25, 0.3) is 0 Å².